The predicted molar refractivity (Wildman–Crippen MR) is 79.0 cm³/mol. The largest absolute Gasteiger partial charge is 0.370 e. The number of hydrogen-bond acceptors (Lipinski definition) is 3. The van der Waals surface area contributed by atoms with Crippen molar-refractivity contribution in [3.05, 3.63) is 48.5 Å². The van der Waals surface area contributed by atoms with Gasteiger partial charge in [0.15, 0.2) is 5.96 Å². The normalized spacial score (nSPS) is 15.0. The Balaban J connectivity index is 1.67. The maximum absolute atomic E-state index is 5.87. The van der Waals surface area contributed by atoms with Crippen LogP contribution in [0.4, 0.5) is 0 Å². The molecule has 5 nitrogen and oxygen atoms in total. The van der Waals surface area contributed by atoms with Gasteiger partial charge in [0.25, 0.3) is 0 Å². The van der Waals surface area contributed by atoms with Crippen LogP contribution < -0.4 is 5.73 Å². The molecule has 3 rings (SSSR count). The van der Waals surface area contributed by atoms with Crippen LogP contribution in [-0.4, -0.2) is 33.9 Å². The molecule has 0 spiro atoms. The molecular formula is C15H17N5. The summed E-state index contributed by atoms with van der Waals surface area (Å²) in [4.78, 5) is 15.0. The van der Waals surface area contributed by atoms with Gasteiger partial charge in [0, 0.05) is 31.0 Å². The van der Waals surface area contributed by atoms with Crippen LogP contribution in [0.3, 0.4) is 0 Å². The summed E-state index contributed by atoms with van der Waals surface area (Å²) in [7, 11) is 0. The summed E-state index contributed by atoms with van der Waals surface area (Å²) in [5.74, 6) is 1.28. The van der Waals surface area contributed by atoms with Crippen LogP contribution in [0.15, 0.2) is 47.7 Å². The van der Waals surface area contributed by atoms with Crippen molar-refractivity contribution in [3.8, 4) is 11.1 Å². The molecule has 1 aromatic carbocycles. The van der Waals surface area contributed by atoms with E-state index in [-0.39, 0.29) is 0 Å². The lowest BCUT2D eigenvalue weighted by atomic mass is 10.1. The van der Waals surface area contributed by atoms with Crippen LogP contribution in [-0.2, 0) is 6.54 Å². The first-order valence-electron chi connectivity index (χ1n) is 6.74. The molecule has 5 heteroatoms. The van der Waals surface area contributed by atoms with Gasteiger partial charge in [-0.1, -0.05) is 30.3 Å². The summed E-state index contributed by atoms with van der Waals surface area (Å²) >= 11 is 0. The number of guanidine groups is 1. The van der Waals surface area contributed by atoms with Crippen molar-refractivity contribution in [2.24, 2.45) is 10.7 Å². The lowest BCUT2D eigenvalue weighted by Crippen LogP contribution is -2.46. The predicted octanol–water partition coefficient (Wildman–Crippen LogP) is 1.66. The third-order valence-corrected chi connectivity index (χ3v) is 3.37. The van der Waals surface area contributed by atoms with Gasteiger partial charge in [-0.3, -0.25) is 0 Å². The van der Waals surface area contributed by atoms with Crippen molar-refractivity contribution in [1.82, 2.24) is 14.9 Å². The topological polar surface area (TPSA) is 67.4 Å². The molecule has 0 aliphatic carbocycles. The van der Waals surface area contributed by atoms with Gasteiger partial charge in [-0.15, -0.1) is 0 Å². The van der Waals surface area contributed by atoms with E-state index < -0.39 is 0 Å². The molecule has 1 saturated heterocycles. The van der Waals surface area contributed by atoms with E-state index >= 15 is 0 Å². The van der Waals surface area contributed by atoms with Gasteiger partial charge in [0.1, 0.15) is 12.4 Å². The molecule has 102 valence electrons. The SMILES string of the molecule is NC(=NCc1ncc(-c2ccccc2)cn1)N1CCC1. The zero-order valence-electron chi connectivity index (χ0n) is 11.2. The van der Waals surface area contributed by atoms with Crippen molar-refractivity contribution in [2.75, 3.05) is 13.1 Å². The lowest BCUT2D eigenvalue weighted by molar-refractivity contribution is 0.295. The average Bonchev–Trinajstić information content (AvgIpc) is 2.45. The van der Waals surface area contributed by atoms with E-state index in [1.165, 1.54) is 6.42 Å². The molecule has 1 aliphatic rings. The minimum absolute atomic E-state index is 0.428. The van der Waals surface area contributed by atoms with Crippen molar-refractivity contribution < 1.29 is 0 Å². The Morgan fingerprint density at radius 1 is 1.10 bits per heavy atom. The number of benzene rings is 1. The van der Waals surface area contributed by atoms with Crippen molar-refractivity contribution in [3.63, 3.8) is 0 Å². The van der Waals surface area contributed by atoms with Crippen molar-refractivity contribution in [2.45, 2.75) is 13.0 Å². The summed E-state index contributed by atoms with van der Waals surface area (Å²) in [5.41, 5.74) is 7.99. The third kappa shape index (κ3) is 2.77. The Bertz CT molecular complexity index is 587. The maximum Gasteiger partial charge on any atom is 0.191 e. The third-order valence-electron chi connectivity index (χ3n) is 3.37. The number of hydrogen-bond donors (Lipinski definition) is 1. The Morgan fingerprint density at radius 3 is 2.40 bits per heavy atom. The van der Waals surface area contributed by atoms with E-state index in [0.29, 0.717) is 18.3 Å². The van der Waals surface area contributed by atoms with Gasteiger partial charge in [-0.05, 0) is 12.0 Å². The van der Waals surface area contributed by atoms with Crippen molar-refractivity contribution >= 4 is 5.96 Å². The second-order valence-corrected chi connectivity index (χ2v) is 4.77. The Morgan fingerprint density at radius 2 is 1.80 bits per heavy atom. The van der Waals surface area contributed by atoms with Gasteiger partial charge in [-0.2, -0.15) is 0 Å². The number of aromatic nitrogens is 2. The molecule has 20 heavy (non-hydrogen) atoms. The average molecular weight is 267 g/mol. The first-order chi connectivity index (χ1) is 9.83. The fourth-order valence-electron chi connectivity index (χ4n) is 2.01. The van der Waals surface area contributed by atoms with E-state index in [1.54, 1.807) is 0 Å². The maximum atomic E-state index is 5.87. The summed E-state index contributed by atoms with van der Waals surface area (Å²) < 4.78 is 0. The molecule has 0 bridgehead atoms. The van der Waals surface area contributed by atoms with E-state index in [0.717, 1.165) is 24.2 Å². The second kappa shape index (κ2) is 5.69. The molecule has 1 fully saturated rings. The van der Waals surface area contributed by atoms with Gasteiger partial charge >= 0.3 is 0 Å². The minimum Gasteiger partial charge on any atom is -0.370 e. The number of nitrogens with two attached hydrogens (primary N) is 1. The van der Waals surface area contributed by atoms with Gasteiger partial charge < -0.3 is 10.6 Å². The molecule has 0 saturated carbocycles. The lowest BCUT2D eigenvalue weighted by Gasteiger charge is -2.31. The summed E-state index contributed by atoms with van der Waals surface area (Å²) in [6.45, 7) is 2.43. The van der Waals surface area contributed by atoms with Crippen LogP contribution in [0.5, 0.6) is 0 Å². The number of likely N-dealkylation sites (tertiary alicyclic amines) is 1. The summed E-state index contributed by atoms with van der Waals surface area (Å²) in [6.07, 6.45) is 4.85. The standard InChI is InChI=1S/C15H17N5/c16-15(20-7-4-8-20)19-11-14-17-9-13(10-18-14)12-5-2-1-3-6-12/h1-3,5-6,9-10H,4,7-8,11H2,(H2,16,19). The molecule has 2 heterocycles. The highest BCUT2D eigenvalue weighted by molar-refractivity contribution is 5.78. The van der Waals surface area contributed by atoms with E-state index in [2.05, 4.69) is 19.9 Å². The molecule has 0 atom stereocenters. The number of rotatable bonds is 3. The van der Waals surface area contributed by atoms with E-state index in [9.17, 15) is 0 Å². The monoisotopic (exact) mass is 267 g/mol. The van der Waals surface area contributed by atoms with Crippen molar-refractivity contribution in [1.29, 1.82) is 0 Å². The van der Waals surface area contributed by atoms with Crippen LogP contribution in [0.25, 0.3) is 11.1 Å². The molecular weight excluding hydrogens is 250 g/mol. The molecule has 1 aromatic heterocycles. The van der Waals surface area contributed by atoms with Crippen LogP contribution >= 0.6 is 0 Å². The second-order valence-electron chi connectivity index (χ2n) is 4.77. The summed E-state index contributed by atoms with van der Waals surface area (Å²) in [6, 6.07) is 10.1. The molecule has 1 aliphatic heterocycles. The first-order valence-corrected chi connectivity index (χ1v) is 6.74. The van der Waals surface area contributed by atoms with E-state index in [1.807, 2.05) is 42.7 Å². The highest BCUT2D eigenvalue weighted by Crippen LogP contribution is 2.16. The minimum atomic E-state index is 0.428. The molecule has 2 N–H and O–H groups in total. The smallest absolute Gasteiger partial charge is 0.191 e. The fourth-order valence-corrected chi connectivity index (χ4v) is 2.01. The van der Waals surface area contributed by atoms with Gasteiger partial charge in [0.05, 0.1) is 0 Å². The molecule has 2 aromatic rings. The van der Waals surface area contributed by atoms with Crippen LogP contribution in [0.1, 0.15) is 12.2 Å². The molecule has 0 amide bonds. The van der Waals surface area contributed by atoms with Crippen LogP contribution in [0, 0.1) is 0 Å². The number of nitrogens with zero attached hydrogens (tertiary/aromatic N) is 4. The highest BCUT2D eigenvalue weighted by Gasteiger charge is 2.15. The van der Waals surface area contributed by atoms with Gasteiger partial charge in [-0.25, -0.2) is 15.0 Å². The Kier molecular flexibility index (Phi) is 3.58. The Labute approximate surface area is 118 Å². The molecule has 0 radical (unpaired) electrons. The van der Waals surface area contributed by atoms with Crippen LogP contribution in [0.2, 0.25) is 0 Å². The fraction of sp³-hybridized carbons (Fsp3) is 0.267. The quantitative estimate of drug-likeness (QED) is 0.678. The molecule has 0 unspecified atom stereocenters. The van der Waals surface area contributed by atoms with E-state index in [4.69, 9.17) is 5.73 Å². The zero-order valence-corrected chi connectivity index (χ0v) is 11.2. The Hall–Kier alpha value is -2.43. The van der Waals surface area contributed by atoms with Gasteiger partial charge in [0.2, 0.25) is 0 Å². The zero-order chi connectivity index (χ0) is 13.8. The summed E-state index contributed by atoms with van der Waals surface area (Å²) in [5, 5.41) is 0. The number of aliphatic imine (C=N–C) groups is 1. The first kappa shape index (κ1) is 12.6. The highest BCUT2D eigenvalue weighted by atomic mass is 15.3.